The van der Waals surface area contributed by atoms with Gasteiger partial charge in [-0.25, -0.2) is 14.4 Å². The van der Waals surface area contributed by atoms with Crippen molar-refractivity contribution in [3.8, 4) is 0 Å². The Balaban J connectivity index is 2.48. The van der Waals surface area contributed by atoms with Crippen LogP contribution in [0, 0.1) is 0 Å². The van der Waals surface area contributed by atoms with E-state index in [2.05, 4.69) is 10.4 Å². The molecule has 1 heterocycles. The molecule has 1 aromatic carbocycles. The van der Waals surface area contributed by atoms with E-state index in [1.54, 1.807) is 60.7 Å². The number of benzene rings is 1. The van der Waals surface area contributed by atoms with Crippen LogP contribution in [0.3, 0.4) is 0 Å². The normalized spacial score (nSPS) is 13.1. The first kappa shape index (κ1) is 30.3. The highest BCUT2D eigenvalue weighted by Gasteiger charge is 2.41. The number of hydrogen-bond donors (Lipinski definition) is 1. The van der Waals surface area contributed by atoms with Crippen molar-refractivity contribution >= 4 is 24.1 Å². The summed E-state index contributed by atoms with van der Waals surface area (Å²) in [5.41, 5.74) is -1.15. The third-order valence-electron chi connectivity index (χ3n) is 4.88. The number of carbonyl (C=O) groups is 4. The molecule has 3 amide bonds. The van der Waals surface area contributed by atoms with Crippen LogP contribution in [-0.2, 0) is 36.8 Å². The first-order valence-electron chi connectivity index (χ1n) is 12.4. The lowest BCUT2D eigenvalue weighted by molar-refractivity contribution is -0.148. The average Bonchev–Trinajstić information content (AvgIpc) is 3.30. The molecule has 2 aromatic rings. The van der Waals surface area contributed by atoms with Crippen molar-refractivity contribution in [2.24, 2.45) is 0 Å². The van der Waals surface area contributed by atoms with Crippen molar-refractivity contribution in [1.82, 2.24) is 20.0 Å². The van der Waals surface area contributed by atoms with E-state index in [1.165, 1.54) is 10.9 Å². The molecular formula is C27H38N4O7. The number of rotatable bonds is 9. The molecule has 0 aliphatic carbocycles. The van der Waals surface area contributed by atoms with Gasteiger partial charge in [0.15, 0.2) is 0 Å². The summed E-state index contributed by atoms with van der Waals surface area (Å²) in [5, 5.41) is 6.78. The van der Waals surface area contributed by atoms with Gasteiger partial charge < -0.3 is 19.5 Å². The highest BCUT2D eigenvalue weighted by molar-refractivity contribution is 5.96. The van der Waals surface area contributed by atoms with E-state index in [1.807, 2.05) is 30.3 Å². The number of nitrogens with zero attached hydrogens (tertiary/aromatic N) is 3. The molecule has 2 rings (SSSR count). The van der Waals surface area contributed by atoms with Crippen LogP contribution in [0.2, 0.25) is 0 Å². The number of hydrogen-bond acceptors (Lipinski definition) is 8. The quantitative estimate of drug-likeness (QED) is 0.384. The van der Waals surface area contributed by atoms with Crippen LogP contribution in [0.5, 0.6) is 0 Å². The molecule has 0 unspecified atom stereocenters. The van der Waals surface area contributed by atoms with Crippen LogP contribution < -0.4 is 5.32 Å². The van der Waals surface area contributed by atoms with Crippen LogP contribution in [0.25, 0.3) is 0 Å². The molecular weight excluding hydrogens is 492 g/mol. The zero-order valence-corrected chi connectivity index (χ0v) is 23.1. The summed E-state index contributed by atoms with van der Waals surface area (Å²) in [6, 6.07) is 8.18. The average molecular weight is 531 g/mol. The van der Waals surface area contributed by atoms with Crippen LogP contribution in [0.1, 0.15) is 54.0 Å². The van der Waals surface area contributed by atoms with Crippen molar-refractivity contribution in [3.05, 3.63) is 54.4 Å². The second-order valence-corrected chi connectivity index (χ2v) is 10.6. The Hall–Kier alpha value is -3.89. The molecule has 1 aromatic heterocycles. The molecule has 0 aliphatic heterocycles. The summed E-state index contributed by atoms with van der Waals surface area (Å²) in [6.45, 7) is 11.4. The van der Waals surface area contributed by atoms with E-state index in [0.717, 1.165) is 5.56 Å². The van der Waals surface area contributed by atoms with Crippen molar-refractivity contribution in [1.29, 1.82) is 0 Å². The summed E-state index contributed by atoms with van der Waals surface area (Å²) < 4.78 is 17.5. The molecule has 0 saturated heterocycles. The molecule has 208 valence electrons. The van der Waals surface area contributed by atoms with Crippen molar-refractivity contribution < 1.29 is 33.4 Å². The van der Waals surface area contributed by atoms with Gasteiger partial charge in [-0.05, 0) is 60.1 Å². The fourth-order valence-corrected chi connectivity index (χ4v) is 3.37. The van der Waals surface area contributed by atoms with Crippen molar-refractivity contribution in [3.63, 3.8) is 0 Å². The third-order valence-corrected chi connectivity index (χ3v) is 4.88. The number of ether oxygens (including phenoxy) is 3. The molecule has 11 heteroatoms. The van der Waals surface area contributed by atoms with Gasteiger partial charge in [0, 0.05) is 18.8 Å². The Labute approximate surface area is 223 Å². The number of imide groups is 1. The number of esters is 1. The van der Waals surface area contributed by atoms with E-state index in [0.29, 0.717) is 4.90 Å². The van der Waals surface area contributed by atoms with Gasteiger partial charge in [-0.1, -0.05) is 30.3 Å². The lowest BCUT2D eigenvalue weighted by Crippen LogP contribution is -2.58. The standard InChI is InChI=1S/C27H38N4O7/c1-8-36-23(33)20(17-19-13-10-9-11-14-19)29-22(32)21(18-30-16-12-15-28-30)31(24(34)37-26(2,3)4)25(35)38-27(5,6)7/h9-16,20-21H,8,17-18H2,1-7H3,(H,29,32)/t20-,21-/m0/s1. The fourth-order valence-electron chi connectivity index (χ4n) is 3.37. The SMILES string of the molecule is CCOC(=O)[C@H](Cc1ccccc1)NC(=O)[C@H](Cn1cccn1)N(C(=O)OC(C)(C)C)C(=O)OC(C)(C)C. The highest BCUT2D eigenvalue weighted by Crippen LogP contribution is 2.18. The molecule has 0 fully saturated rings. The first-order chi connectivity index (χ1) is 17.7. The number of nitrogens with one attached hydrogen (secondary N) is 1. The predicted octanol–water partition coefficient (Wildman–Crippen LogP) is 3.71. The Morgan fingerprint density at radius 1 is 0.947 bits per heavy atom. The molecule has 0 radical (unpaired) electrons. The van der Waals surface area contributed by atoms with Gasteiger partial charge in [0.2, 0.25) is 5.91 Å². The van der Waals surface area contributed by atoms with E-state index in [9.17, 15) is 19.2 Å². The molecule has 0 saturated carbocycles. The largest absolute Gasteiger partial charge is 0.464 e. The molecule has 2 atom stereocenters. The summed E-state index contributed by atoms with van der Waals surface area (Å²) in [6.07, 6.45) is 1.07. The van der Waals surface area contributed by atoms with Crippen LogP contribution in [-0.4, -0.2) is 68.6 Å². The zero-order valence-electron chi connectivity index (χ0n) is 23.1. The maximum atomic E-state index is 13.7. The summed E-state index contributed by atoms with van der Waals surface area (Å²) in [4.78, 5) is 53.7. The second-order valence-electron chi connectivity index (χ2n) is 10.6. The van der Waals surface area contributed by atoms with Crippen molar-refractivity contribution in [2.45, 2.75) is 84.7 Å². The Bertz CT molecular complexity index is 1050. The van der Waals surface area contributed by atoms with Gasteiger partial charge >= 0.3 is 18.2 Å². The van der Waals surface area contributed by atoms with Crippen LogP contribution in [0.4, 0.5) is 9.59 Å². The van der Waals surface area contributed by atoms with Gasteiger partial charge in [-0.3, -0.25) is 9.48 Å². The molecule has 11 nitrogen and oxygen atoms in total. The molecule has 1 N–H and O–H groups in total. The highest BCUT2D eigenvalue weighted by atomic mass is 16.6. The lowest BCUT2D eigenvalue weighted by Gasteiger charge is -2.33. The number of aromatic nitrogens is 2. The monoisotopic (exact) mass is 530 g/mol. The number of amides is 3. The predicted molar refractivity (Wildman–Crippen MR) is 139 cm³/mol. The maximum Gasteiger partial charge on any atom is 0.420 e. The van der Waals surface area contributed by atoms with Gasteiger partial charge in [0.05, 0.1) is 13.2 Å². The Morgan fingerprint density at radius 2 is 1.53 bits per heavy atom. The zero-order chi connectivity index (χ0) is 28.5. The van der Waals surface area contributed by atoms with E-state index in [-0.39, 0.29) is 19.6 Å². The second kappa shape index (κ2) is 13.1. The Kier molecular flexibility index (Phi) is 10.4. The minimum absolute atomic E-state index is 0.110. The molecule has 0 aliphatic rings. The summed E-state index contributed by atoms with van der Waals surface area (Å²) in [7, 11) is 0. The maximum absolute atomic E-state index is 13.7. The number of carbonyl (C=O) groups excluding carboxylic acids is 4. The Morgan fingerprint density at radius 3 is 2.00 bits per heavy atom. The van der Waals surface area contributed by atoms with Gasteiger partial charge in [0.25, 0.3) is 0 Å². The van der Waals surface area contributed by atoms with Gasteiger partial charge in [-0.2, -0.15) is 10.00 Å². The third kappa shape index (κ3) is 9.87. The first-order valence-corrected chi connectivity index (χ1v) is 12.4. The van der Waals surface area contributed by atoms with Crippen LogP contribution in [0.15, 0.2) is 48.8 Å². The fraction of sp³-hybridized carbons (Fsp3) is 0.519. The smallest absolute Gasteiger partial charge is 0.420 e. The van der Waals surface area contributed by atoms with E-state index >= 15 is 0 Å². The molecule has 38 heavy (non-hydrogen) atoms. The van der Waals surface area contributed by atoms with Crippen molar-refractivity contribution in [2.75, 3.05) is 6.61 Å². The van der Waals surface area contributed by atoms with E-state index < -0.39 is 47.3 Å². The van der Waals surface area contributed by atoms with Gasteiger partial charge in [-0.15, -0.1) is 0 Å². The van der Waals surface area contributed by atoms with Crippen LogP contribution >= 0.6 is 0 Å². The summed E-state index contributed by atoms with van der Waals surface area (Å²) in [5.74, 6) is -1.44. The minimum atomic E-state index is -1.47. The lowest BCUT2D eigenvalue weighted by atomic mass is 10.1. The van der Waals surface area contributed by atoms with Gasteiger partial charge in [0.1, 0.15) is 23.3 Å². The van der Waals surface area contributed by atoms with E-state index in [4.69, 9.17) is 14.2 Å². The topological polar surface area (TPSA) is 129 Å². The summed E-state index contributed by atoms with van der Waals surface area (Å²) >= 11 is 0. The minimum Gasteiger partial charge on any atom is -0.464 e. The molecule has 0 spiro atoms. The molecule has 0 bridgehead atoms.